The minimum atomic E-state index is -3.70. The standard InChI is InChI=1S/C15H20O4S/c1-15(2,14(16)17)20(18,19)10-12-8-5-7-11-6-3-4-9-13(11)12/h3-4,6,9,12H,5,7-8,10H2,1-2H3,(H,16,17). The number of benzene rings is 1. The van der Waals surface area contributed by atoms with Gasteiger partial charge in [0.15, 0.2) is 14.6 Å². The van der Waals surface area contributed by atoms with Gasteiger partial charge in [0.25, 0.3) is 0 Å². The quantitative estimate of drug-likeness (QED) is 0.926. The van der Waals surface area contributed by atoms with Gasteiger partial charge in [0, 0.05) is 0 Å². The van der Waals surface area contributed by atoms with E-state index in [0.717, 1.165) is 24.8 Å². The Morgan fingerprint density at radius 2 is 2.00 bits per heavy atom. The van der Waals surface area contributed by atoms with Gasteiger partial charge < -0.3 is 5.11 Å². The Morgan fingerprint density at radius 3 is 2.65 bits per heavy atom. The third kappa shape index (κ3) is 2.59. The lowest BCUT2D eigenvalue weighted by molar-refractivity contribution is -0.139. The fourth-order valence-corrected chi connectivity index (χ4v) is 4.19. The van der Waals surface area contributed by atoms with Crippen LogP contribution in [0.2, 0.25) is 0 Å². The molecule has 1 atom stereocenters. The van der Waals surface area contributed by atoms with Crippen molar-refractivity contribution >= 4 is 15.8 Å². The zero-order chi connectivity index (χ0) is 15.0. The number of hydrogen-bond acceptors (Lipinski definition) is 3. The Morgan fingerprint density at radius 1 is 1.35 bits per heavy atom. The van der Waals surface area contributed by atoms with Gasteiger partial charge in [0.05, 0.1) is 5.75 Å². The zero-order valence-electron chi connectivity index (χ0n) is 11.8. The molecule has 1 aromatic rings. The fraction of sp³-hybridized carbons (Fsp3) is 0.533. The lowest BCUT2D eigenvalue weighted by Gasteiger charge is -2.28. The summed E-state index contributed by atoms with van der Waals surface area (Å²) < 4.78 is 23.0. The number of fused-ring (bicyclic) bond motifs is 1. The van der Waals surface area contributed by atoms with Crippen molar-refractivity contribution in [2.75, 3.05) is 5.75 Å². The van der Waals surface area contributed by atoms with E-state index in [1.165, 1.54) is 19.4 Å². The number of aryl methyl sites for hydroxylation is 1. The van der Waals surface area contributed by atoms with E-state index in [2.05, 4.69) is 0 Å². The van der Waals surface area contributed by atoms with E-state index in [9.17, 15) is 13.2 Å². The van der Waals surface area contributed by atoms with Crippen molar-refractivity contribution in [1.82, 2.24) is 0 Å². The number of sulfone groups is 1. The van der Waals surface area contributed by atoms with Crippen LogP contribution < -0.4 is 0 Å². The summed E-state index contributed by atoms with van der Waals surface area (Å²) in [5.41, 5.74) is 2.25. The topological polar surface area (TPSA) is 71.4 Å². The maximum Gasteiger partial charge on any atom is 0.324 e. The van der Waals surface area contributed by atoms with Gasteiger partial charge in [-0.05, 0) is 50.2 Å². The third-order valence-corrected chi connectivity index (χ3v) is 6.78. The molecule has 0 heterocycles. The number of rotatable bonds is 4. The molecule has 1 N–H and O–H groups in total. The highest BCUT2D eigenvalue weighted by Gasteiger charge is 2.43. The predicted octanol–water partition coefficient (Wildman–Crippen LogP) is 2.38. The summed E-state index contributed by atoms with van der Waals surface area (Å²) in [6, 6.07) is 7.85. The van der Waals surface area contributed by atoms with Crippen LogP contribution in [0.5, 0.6) is 0 Å². The second-order valence-corrected chi connectivity index (χ2v) is 8.47. The van der Waals surface area contributed by atoms with Gasteiger partial charge in [-0.25, -0.2) is 8.42 Å². The smallest absolute Gasteiger partial charge is 0.324 e. The molecule has 0 aromatic heterocycles. The molecule has 0 radical (unpaired) electrons. The van der Waals surface area contributed by atoms with Gasteiger partial charge in [-0.15, -0.1) is 0 Å². The Labute approximate surface area is 119 Å². The summed E-state index contributed by atoms with van der Waals surface area (Å²) in [4.78, 5) is 11.2. The summed E-state index contributed by atoms with van der Waals surface area (Å²) in [6.45, 7) is 2.53. The Bertz CT molecular complexity index is 617. The van der Waals surface area contributed by atoms with Crippen molar-refractivity contribution in [3.05, 3.63) is 35.4 Å². The molecule has 1 aromatic carbocycles. The van der Waals surface area contributed by atoms with E-state index in [0.29, 0.717) is 0 Å². The largest absolute Gasteiger partial charge is 0.480 e. The highest BCUT2D eigenvalue weighted by molar-refractivity contribution is 7.93. The second-order valence-electron chi connectivity index (χ2n) is 5.88. The molecule has 0 amide bonds. The number of carbonyl (C=O) groups is 1. The minimum Gasteiger partial charge on any atom is -0.480 e. The highest BCUT2D eigenvalue weighted by atomic mass is 32.2. The maximum atomic E-state index is 12.4. The molecule has 0 saturated carbocycles. The van der Waals surface area contributed by atoms with Crippen LogP contribution in [-0.2, 0) is 21.1 Å². The number of hydrogen-bond donors (Lipinski definition) is 1. The van der Waals surface area contributed by atoms with Crippen LogP contribution in [0.1, 0.15) is 43.7 Å². The first kappa shape index (κ1) is 15.0. The van der Waals surface area contributed by atoms with Crippen molar-refractivity contribution in [1.29, 1.82) is 0 Å². The van der Waals surface area contributed by atoms with Gasteiger partial charge in [0.1, 0.15) is 0 Å². The van der Waals surface area contributed by atoms with Crippen molar-refractivity contribution in [3.8, 4) is 0 Å². The first-order valence-corrected chi connectivity index (χ1v) is 8.44. The summed E-state index contributed by atoms with van der Waals surface area (Å²) in [7, 11) is -3.70. The third-order valence-electron chi connectivity index (χ3n) is 4.21. The van der Waals surface area contributed by atoms with E-state index in [4.69, 9.17) is 5.11 Å². The molecule has 0 bridgehead atoms. The molecule has 4 nitrogen and oxygen atoms in total. The SMILES string of the molecule is CC(C)(C(=O)O)S(=O)(=O)CC1CCCc2ccccc21. The summed E-state index contributed by atoms with van der Waals surface area (Å²) in [5.74, 6) is -1.48. The predicted molar refractivity (Wildman–Crippen MR) is 77.6 cm³/mol. The van der Waals surface area contributed by atoms with Crippen molar-refractivity contribution < 1.29 is 18.3 Å². The molecule has 5 heteroatoms. The molecule has 1 unspecified atom stereocenters. The van der Waals surface area contributed by atoms with Crippen LogP contribution in [0.15, 0.2) is 24.3 Å². The van der Waals surface area contributed by atoms with Crippen LogP contribution in [0, 0.1) is 0 Å². The monoisotopic (exact) mass is 296 g/mol. The molecule has 0 spiro atoms. The molecule has 110 valence electrons. The molecule has 1 aliphatic rings. The normalized spacial score (nSPS) is 19.4. The number of carboxylic acids is 1. The van der Waals surface area contributed by atoms with E-state index in [1.54, 1.807) is 0 Å². The Hall–Kier alpha value is -1.36. The van der Waals surface area contributed by atoms with Crippen LogP contribution in [0.3, 0.4) is 0 Å². The van der Waals surface area contributed by atoms with Crippen LogP contribution >= 0.6 is 0 Å². The first-order chi connectivity index (χ1) is 9.25. The first-order valence-electron chi connectivity index (χ1n) is 6.79. The van der Waals surface area contributed by atoms with Crippen LogP contribution in [0.25, 0.3) is 0 Å². The summed E-state index contributed by atoms with van der Waals surface area (Å²) in [5, 5.41) is 9.12. The molecule has 0 aliphatic heterocycles. The van der Waals surface area contributed by atoms with E-state index < -0.39 is 20.6 Å². The fourth-order valence-electron chi connectivity index (χ4n) is 2.63. The summed E-state index contributed by atoms with van der Waals surface area (Å²) >= 11 is 0. The molecule has 0 fully saturated rings. The minimum absolute atomic E-state index is 0.0939. The molecule has 0 saturated heterocycles. The summed E-state index contributed by atoms with van der Waals surface area (Å²) in [6.07, 6.45) is 2.71. The van der Waals surface area contributed by atoms with Gasteiger partial charge in [-0.3, -0.25) is 4.79 Å². The lowest BCUT2D eigenvalue weighted by atomic mass is 9.84. The van der Waals surface area contributed by atoms with E-state index >= 15 is 0 Å². The lowest BCUT2D eigenvalue weighted by Crippen LogP contribution is -2.43. The van der Waals surface area contributed by atoms with Gasteiger partial charge >= 0.3 is 5.97 Å². The van der Waals surface area contributed by atoms with Crippen molar-refractivity contribution in [2.24, 2.45) is 0 Å². The highest BCUT2D eigenvalue weighted by Crippen LogP contribution is 2.34. The maximum absolute atomic E-state index is 12.4. The van der Waals surface area contributed by atoms with Crippen molar-refractivity contribution in [3.63, 3.8) is 0 Å². The van der Waals surface area contributed by atoms with E-state index in [-0.39, 0.29) is 11.7 Å². The molecular weight excluding hydrogens is 276 g/mol. The average Bonchev–Trinajstić information content (AvgIpc) is 2.38. The molecule has 1 aliphatic carbocycles. The Kier molecular flexibility index (Phi) is 3.91. The van der Waals surface area contributed by atoms with Crippen molar-refractivity contribution in [2.45, 2.75) is 43.8 Å². The Balaban J connectivity index is 2.30. The molecule has 20 heavy (non-hydrogen) atoms. The van der Waals surface area contributed by atoms with Crippen LogP contribution in [-0.4, -0.2) is 30.0 Å². The molecular formula is C15H20O4S. The van der Waals surface area contributed by atoms with E-state index in [1.807, 2.05) is 24.3 Å². The molecule has 2 rings (SSSR count). The van der Waals surface area contributed by atoms with Gasteiger partial charge in [-0.2, -0.15) is 0 Å². The van der Waals surface area contributed by atoms with Crippen LogP contribution in [0.4, 0.5) is 0 Å². The zero-order valence-corrected chi connectivity index (χ0v) is 12.6. The van der Waals surface area contributed by atoms with Gasteiger partial charge in [0.2, 0.25) is 0 Å². The van der Waals surface area contributed by atoms with Gasteiger partial charge in [-0.1, -0.05) is 24.3 Å². The number of aliphatic carboxylic acids is 1. The second kappa shape index (κ2) is 5.20. The average molecular weight is 296 g/mol. The number of carboxylic acid groups (broad SMARTS) is 1.